The third-order valence-electron chi connectivity index (χ3n) is 3.82. The van der Waals surface area contributed by atoms with Crippen LogP contribution in [0.1, 0.15) is 11.1 Å². The van der Waals surface area contributed by atoms with Crippen LogP contribution in [0.5, 0.6) is 5.75 Å². The summed E-state index contributed by atoms with van der Waals surface area (Å²) in [6.07, 6.45) is 2.77. The summed E-state index contributed by atoms with van der Waals surface area (Å²) in [6, 6.07) is 13.3. The molecule has 0 aliphatic heterocycles. The second-order valence-corrected chi connectivity index (χ2v) is 6.14. The van der Waals surface area contributed by atoms with Crippen LogP contribution >= 0.6 is 11.6 Å². The molecule has 0 aliphatic carbocycles. The third kappa shape index (κ3) is 4.09. The lowest BCUT2D eigenvalue weighted by molar-refractivity contribution is -0.123. The molecule has 1 aromatic heterocycles. The van der Waals surface area contributed by atoms with E-state index in [-0.39, 0.29) is 12.5 Å². The molecule has 0 aliphatic rings. The molecule has 124 valence electrons. The lowest BCUT2D eigenvalue weighted by Gasteiger charge is -2.07. The van der Waals surface area contributed by atoms with Gasteiger partial charge in [0.15, 0.2) is 6.61 Å². The van der Waals surface area contributed by atoms with Crippen LogP contribution in [0.4, 0.5) is 0 Å². The molecular formula is C19H19ClN2O2. The van der Waals surface area contributed by atoms with Crippen molar-refractivity contribution in [2.24, 2.45) is 0 Å². The number of hydrogen-bond acceptors (Lipinski definition) is 2. The van der Waals surface area contributed by atoms with Gasteiger partial charge in [-0.1, -0.05) is 23.2 Å². The minimum atomic E-state index is -0.138. The van der Waals surface area contributed by atoms with Crippen molar-refractivity contribution < 1.29 is 9.53 Å². The standard InChI is InChI=1S/C19H19ClN2O2/c1-13-2-7-18-17(10-13)14(11-22-18)8-9-21-19(23)12-24-16-5-3-15(20)4-6-16/h2-7,10-11,22H,8-9,12H2,1H3,(H,21,23). The maximum Gasteiger partial charge on any atom is 0.257 e. The average Bonchev–Trinajstić information content (AvgIpc) is 2.97. The molecule has 1 amide bonds. The Morgan fingerprint density at radius 1 is 1.21 bits per heavy atom. The largest absolute Gasteiger partial charge is 0.484 e. The number of aromatic amines is 1. The number of ether oxygens (including phenoxy) is 1. The van der Waals surface area contributed by atoms with Gasteiger partial charge in [-0.05, 0) is 55.3 Å². The SMILES string of the molecule is Cc1ccc2[nH]cc(CCNC(=O)COc3ccc(Cl)cc3)c2c1. The highest BCUT2D eigenvalue weighted by Crippen LogP contribution is 2.20. The van der Waals surface area contributed by atoms with Crippen molar-refractivity contribution in [1.29, 1.82) is 0 Å². The highest BCUT2D eigenvalue weighted by atomic mass is 35.5. The van der Waals surface area contributed by atoms with Crippen LogP contribution in [0, 0.1) is 6.92 Å². The molecular weight excluding hydrogens is 324 g/mol. The van der Waals surface area contributed by atoms with Crippen LogP contribution < -0.4 is 10.1 Å². The molecule has 0 radical (unpaired) electrons. The summed E-state index contributed by atoms with van der Waals surface area (Å²) in [5, 5.41) is 4.73. The number of halogens is 1. The molecule has 3 rings (SSSR count). The first-order chi connectivity index (χ1) is 11.6. The predicted molar refractivity (Wildman–Crippen MR) is 96.7 cm³/mol. The first-order valence-corrected chi connectivity index (χ1v) is 8.21. The van der Waals surface area contributed by atoms with Crippen molar-refractivity contribution in [3.05, 3.63) is 64.8 Å². The van der Waals surface area contributed by atoms with E-state index >= 15 is 0 Å². The molecule has 2 aromatic carbocycles. The van der Waals surface area contributed by atoms with Crippen molar-refractivity contribution in [2.45, 2.75) is 13.3 Å². The Morgan fingerprint density at radius 2 is 2.00 bits per heavy atom. The topological polar surface area (TPSA) is 54.1 Å². The summed E-state index contributed by atoms with van der Waals surface area (Å²) in [4.78, 5) is 15.1. The molecule has 0 saturated carbocycles. The number of carbonyl (C=O) groups excluding carboxylic acids is 1. The van der Waals surface area contributed by atoms with E-state index in [0.29, 0.717) is 17.3 Å². The Kier molecular flexibility index (Phi) is 5.06. The number of hydrogen-bond donors (Lipinski definition) is 2. The smallest absolute Gasteiger partial charge is 0.257 e. The molecule has 1 heterocycles. The molecule has 4 nitrogen and oxygen atoms in total. The summed E-state index contributed by atoms with van der Waals surface area (Å²) in [6.45, 7) is 2.64. The Labute approximate surface area is 145 Å². The Hall–Kier alpha value is -2.46. The van der Waals surface area contributed by atoms with Gasteiger partial charge in [0.05, 0.1) is 0 Å². The van der Waals surface area contributed by atoms with Gasteiger partial charge in [-0.15, -0.1) is 0 Å². The van der Waals surface area contributed by atoms with Gasteiger partial charge in [0.25, 0.3) is 5.91 Å². The average molecular weight is 343 g/mol. The van der Waals surface area contributed by atoms with Gasteiger partial charge in [0.2, 0.25) is 0 Å². The van der Waals surface area contributed by atoms with E-state index in [0.717, 1.165) is 11.9 Å². The van der Waals surface area contributed by atoms with Gasteiger partial charge in [0.1, 0.15) is 5.75 Å². The molecule has 5 heteroatoms. The molecule has 0 fully saturated rings. The molecule has 0 spiro atoms. The number of benzene rings is 2. The Balaban J connectivity index is 1.47. The van der Waals surface area contributed by atoms with Crippen molar-refractivity contribution in [3.8, 4) is 5.75 Å². The summed E-state index contributed by atoms with van der Waals surface area (Å²) in [7, 11) is 0. The number of aromatic nitrogens is 1. The van der Waals surface area contributed by atoms with Crippen molar-refractivity contribution in [2.75, 3.05) is 13.2 Å². The number of aryl methyl sites for hydroxylation is 1. The maximum atomic E-state index is 11.9. The quantitative estimate of drug-likeness (QED) is 0.714. The molecule has 3 aromatic rings. The number of fused-ring (bicyclic) bond motifs is 1. The number of amides is 1. The third-order valence-corrected chi connectivity index (χ3v) is 4.07. The molecule has 0 unspecified atom stereocenters. The van der Waals surface area contributed by atoms with Crippen LogP contribution in [0.3, 0.4) is 0 Å². The first kappa shape index (κ1) is 16.4. The summed E-state index contributed by atoms with van der Waals surface area (Å²) < 4.78 is 5.42. The molecule has 0 atom stereocenters. The number of rotatable bonds is 6. The van der Waals surface area contributed by atoms with Crippen molar-refractivity contribution in [1.82, 2.24) is 10.3 Å². The van der Waals surface area contributed by atoms with Gasteiger partial charge in [-0.3, -0.25) is 4.79 Å². The van der Waals surface area contributed by atoms with E-state index in [9.17, 15) is 4.79 Å². The Morgan fingerprint density at radius 3 is 2.79 bits per heavy atom. The normalized spacial score (nSPS) is 10.8. The lowest BCUT2D eigenvalue weighted by atomic mass is 10.1. The minimum absolute atomic E-state index is 0.00533. The summed E-state index contributed by atoms with van der Waals surface area (Å²) in [5.74, 6) is 0.489. The zero-order chi connectivity index (χ0) is 16.9. The van der Waals surface area contributed by atoms with E-state index < -0.39 is 0 Å². The highest BCUT2D eigenvalue weighted by Gasteiger charge is 2.06. The van der Waals surface area contributed by atoms with Crippen LogP contribution in [0.25, 0.3) is 10.9 Å². The molecule has 0 saturated heterocycles. The zero-order valence-corrected chi connectivity index (χ0v) is 14.2. The van der Waals surface area contributed by atoms with Gasteiger partial charge < -0.3 is 15.0 Å². The molecule has 2 N–H and O–H groups in total. The number of nitrogens with one attached hydrogen (secondary N) is 2. The van der Waals surface area contributed by atoms with Crippen molar-refractivity contribution >= 4 is 28.4 Å². The predicted octanol–water partition coefficient (Wildman–Crippen LogP) is 3.87. The second-order valence-electron chi connectivity index (χ2n) is 5.71. The highest BCUT2D eigenvalue weighted by molar-refractivity contribution is 6.30. The van der Waals surface area contributed by atoms with E-state index in [1.807, 2.05) is 6.20 Å². The minimum Gasteiger partial charge on any atom is -0.484 e. The monoisotopic (exact) mass is 342 g/mol. The van der Waals surface area contributed by atoms with E-state index in [2.05, 4.69) is 35.4 Å². The summed E-state index contributed by atoms with van der Waals surface area (Å²) >= 11 is 5.81. The van der Waals surface area contributed by atoms with Crippen molar-refractivity contribution in [3.63, 3.8) is 0 Å². The fourth-order valence-corrected chi connectivity index (χ4v) is 2.69. The van der Waals surface area contributed by atoms with Gasteiger partial charge in [-0.2, -0.15) is 0 Å². The van der Waals surface area contributed by atoms with Crippen LogP contribution in [0.15, 0.2) is 48.7 Å². The van der Waals surface area contributed by atoms with E-state index in [4.69, 9.17) is 16.3 Å². The maximum absolute atomic E-state index is 11.9. The van der Waals surface area contributed by atoms with Gasteiger partial charge >= 0.3 is 0 Å². The molecule has 0 bridgehead atoms. The fourth-order valence-electron chi connectivity index (χ4n) is 2.57. The molecule has 24 heavy (non-hydrogen) atoms. The van der Waals surface area contributed by atoms with Gasteiger partial charge in [-0.25, -0.2) is 0 Å². The van der Waals surface area contributed by atoms with E-state index in [1.165, 1.54) is 16.5 Å². The van der Waals surface area contributed by atoms with Crippen LogP contribution in [0.2, 0.25) is 5.02 Å². The fraction of sp³-hybridized carbons (Fsp3) is 0.211. The number of carbonyl (C=O) groups is 1. The lowest BCUT2D eigenvalue weighted by Crippen LogP contribution is -2.30. The van der Waals surface area contributed by atoms with Crippen LogP contribution in [-0.4, -0.2) is 24.0 Å². The van der Waals surface area contributed by atoms with E-state index in [1.54, 1.807) is 24.3 Å². The number of H-pyrrole nitrogens is 1. The zero-order valence-electron chi connectivity index (χ0n) is 13.4. The summed E-state index contributed by atoms with van der Waals surface area (Å²) in [5.41, 5.74) is 3.55. The second kappa shape index (κ2) is 7.41. The Bertz CT molecular complexity index is 840. The first-order valence-electron chi connectivity index (χ1n) is 7.83. The van der Waals surface area contributed by atoms with Crippen LogP contribution in [-0.2, 0) is 11.2 Å². The van der Waals surface area contributed by atoms with Gasteiger partial charge in [0, 0.05) is 28.7 Å².